The third kappa shape index (κ3) is 4.49. The van der Waals surface area contributed by atoms with Crippen LogP contribution in [-0.4, -0.2) is 49.2 Å². The number of hydrogen-bond acceptors (Lipinski definition) is 4. The molecule has 0 aliphatic carbocycles. The molecular weight excluding hydrogens is 290 g/mol. The molecule has 0 bridgehead atoms. The SMILES string of the molecule is CC(C)SCC(=O)N1CCn2nc(CCC(=O)O)cc2C1. The van der Waals surface area contributed by atoms with Gasteiger partial charge in [0.1, 0.15) is 0 Å². The Morgan fingerprint density at radius 3 is 2.86 bits per heavy atom. The number of aliphatic carboxylic acids is 1. The lowest BCUT2D eigenvalue weighted by molar-refractivity contribution is -0.137. The van der Waals surface area contributed by atoms with Crippen LogP contribution in [0.4, 0.5) is 0 Å². The van der Waals surface area contributed by atoms with Gasteiger partial charge in [-0.15, -0.1) is 11.8 Å². The Kier molecular flexibility index (Phi) is 5.27. The zero-order valence-electron chi connectivity index (χ0n) is 12.4. The Morgan fingerprint density at radius 1 is 1.43 bits per heavy atom. The van der Waals surface area contributed by atoms with Gasteiger partial charge in [0.25, 0.3) is 0 Å². The molecule has 1 aromatic rings. The standard InChI is InChI=1S/C14H21N3O3S/c1-10(2)21-9-13(18)16-5-6-17-12(8-16)7-11(15-17)3-4-14(19)20/h7,10H,3-6,8-9H2,1-2H3,(H,19,20). The van der Waals surface area contributed by atoms with Crippen LogP contribution in [0.5, 0.6) is 0 Å². The van der Waals surface area contributed by atoms with Crippen molar-refractivity contribution in [3.05, 3.63) is 17.5 Å². The number of aryl methyl sites for hydroxylation is 1. The zero-order valence-corrected chi connectivity index (χ0v) is 13.2. The molecule has 1 N–H and O–H groups in total. The number of nitrogens with zero attached hydrogens (tertiary/aromatic N) is 3. The van der Waals surface area contributed by atoms with Crippen LogP contribution in [0.1, 0.15) is 31.7 Å². The van der Waals surface area contributed by atoms with Crippen LogP contribution in [0, 0.1) is 0 Å². The summed E-state index contributed by atoms with van der Waals surface area (Å²) in [5, 5.41) is 13.6. The first-order valence-electron chi connectivity index (χ1n) is 7.12. The Hall–Kier alpha value is -1.50. The van der Waals surface area contributed by atoms with Crippen molar-refractivity contribution in [2.75, 3.05) is 12.3 Å². The summed E-state index contributed by atoms with van der Waals surface area (Å²) >= 11 is 1.65. The molecule has 0 spiro atoms. The summed E-state index contributed by atoms with van der Waals surface area (Å²) in [5.41, 5.74) is 1.78. The third-order valence-electron chi connectivity index (χ3n) is 3.34. The first-order chi connectivity index (χ1) is 9.95. The zero-order chi connectivity index (χ0) is 15.4. The minimum absolute atomic E-state index is 0.0874. The van der Waals surface area contributed by atoms with Crippen molar-refractivity contribution in [2.45, 2.75) is 45.0 Å². The van der Waals surface area contributed by atoms with Crippen LogP contribution >= 0.6 is 11.8 Å². The van der Waals surface area contributed by atoms with Crippen molar-refractivity contribution in [1.82, 2.24) is 14.7 Å². The first kappa shape index (κ1) is 15.9. The highest BCUT2D eigenvalue weighted by molar-refractivity contribution is 8.00. The molecule has 0 saturated carbocycles. The molecule has 2 heterocycles. The number of hydrogen-bond donors (Lipinski definition) is 1. The number of fused-ring (bicyclic) bond motifs is 1. The van der Waals surface area contributed by atoms with Gasteiger partial charge in [-0.2, -0.15) is 5.10 Å². The van der Waals surface area contributed by atoms with Crippen LogP contribution in [-0.2, 0) is 29.1 Å². The van der Waals surface area contributed by atoms with E-state index in [1.54, 1.807) is 11.8 Å². The van der Waals surface area contributed by atoms with Gasteiger partial charge in [-0.05, 0) is 11.3 Å². The fraction of sp³-hybridized carbons (Fsp3) is 0.643. The smallest absolute Gasteiger partial charge is 0.303 e. The Balaban J connectivity index is 1.93. The number of thioether (sulfide) groups is 1. The third-order valence-corrected chi connectivity index (χ3v) is 4.42. The molecule has 0 unspecified atom stereocenters. The van der Waals surface area contributed by atoms with Crippen molar-refractivity contribution in [1.29, 1.82) is 0 Å². The Morgan fingerprint density at radius 2 is 2.19 bits per heavy atom. The summed E-state index contributed by atoms with van der Waals surface area (Å²) in [7, 11) is 0. The molecular formula is C14H21N3O3S. The molecule has 0 aromatic carbocycles. The number of carbonyl (C=O) groups is 2. The van der Waals surface area contributed by atoms with E-state index in [1.807, 2.05) is 15.6 Å². The minimum Gasteiger partial charge on any atom is -0.481 e. The molecule has 0 saturated heterocycles. The Bertz CT molecular complexity index is 528. The van der Waals surface area contributed by atoms with Crippen molar-refractivity contribution in [2.24, 2.45) is 0 Å². The predicted molar refractivity (Wildman–Crippen MR) is 81.2 cm³/mol. The number of carboxylic acid groups (broad SMARTS) is 1. The normalized spacial score (nSPS) is 14.3. The minimum atomic E-state index is -0.816. The second-order valence-electron chi connectivity index (χ2n) is 5.42. The number of carboxylic acids is 1. The van der Waals surface area contributed by atoms with Gasteiger partial charge in [0.05, 0.1) is 36.7 Å². The highest BCUT2D eigenvalue weighted by Crippen LogP contribution is 2.17. The average Bonchev–Trinajstić information content (AvgIpc) is 2.84. The summed E-state index contributed by atoms with van der Waals surface area (Å²) in [6, 6.07) is 1.91. The summed E-state index contributed by atoms with van der Waals surface area (Å²) < 4.78 is 1.89. The molecule has 1 aliphatic heterocycles. The van der Waals surface area contributed by atoms with Crippen LogP contribution in [0.25, 0.3) is 0 Å². The second-order valence-corrected chi connectivity index (χ2v) is 6.98. The van der Waals surface area contributed by atoms with Gasteiger partial charge in [-0.1, -0.05) is 13.8 Å². The van der Waals surface area contributed by atoms with Crippen LogP contribution < -0.4 is 0 Å². The topological polar surface area (TPSA) is 75.4 Å². The maximum absolute atomic E-state index is 12.1. The number of aromatic nitrogens is 2. The van der Waals surface area contributed by atoms with E-state index in [0.29, 0.717) is 37.1 Å². The van der Waals surface area contributed by atoms with E-state index in [1.165, 1.54) is 0 Å². The molecule has 7 heteroatoms. The van der Waals surface area contributed by atoms with Gasteiger partial charge < -0.3 is 10.0 Å². The van der Waals surface area contributed by atoms with Gasteiger partial charge in [0.2, 0.25) is 5.91 Å². The average molecular weight is 311 g/mol. The van der Waals surface area contributed by atoms with E-state index in [2.05, 4.69) is 18.9 Å². The molecule has 116 valence electrons. The van der Waals surface area contributed by atoms with E-state index < -0.39 is 5.97 Å². The fourth-order valence-electron chi connectivity index (χ4n) is 2.23. The first-order valence-corrected chi connectivity index (χ1v) is 8.17. The molecule has 1 amide bonds. The molecule has 0 atom stereocenters. The summed E-state index contributed by atoms with van der Waals surface area (Å²) in [6.45, 7) is 6.08. The fourth-order valence-corrected chi connectivity index (χ4v) is 2.88. The lowest BCUT2D eigenvalue weighted by Crippen LogP contribution is -2.39. The van der Waals surface area contributed by atoms with Gasteiger partial charge in [0.15, 0.2) is 0 Å². The van der Waals surface area contributed by atoms with Crippen LogP contribution in [0.2, 0.25) is 0 Å². The highest BCUT2D eigenvalue weighted by atomic mass is 32.2. The summed E-state index contributed by atoms with van der Waals surface area (Å²) in [5.74, 6) is -0.144. The lowest BCUT2D eigenvalue weighted by atomic mass is 10.2. The van der Waals surface area contributed by atoms with Crippen molar-refractivity contribution >= 4 is 23.6 Å². The largest absolute Gasteiger partial charge is 0.481 e. The molecule has 21 heavy (non-hydrogen) atoms. The molecule has 1 aliphatic rings. The molecule has 6 nitrogen and oxygen atoms in total. The number of carbonyl (C=O) groups excluding carboxylic acids is 1. The van der Waals surface area contributed by atoms with Gasteiger partial charge in [0, 0.05) is 13.0 Å². The molecule has 1 aromatic heterocycles. The van der Waals surface area contributed by atoms with Gasteiger partial charge >= 0.3 is 5.97 Å². The number of rotatable bonds is 6. The van der Waals surface area contributed by atoms with E-state index in [-0.39, 0.29) is 12.3 Å². The van der Waals surface area contributed by atoms with E-state index >= 15 is 0 Å². The maximum atomic E-state index is 12.1. The summed E-state index contributed by atoms with van der Waals surface area (Å²) in [4.78, 5) is 24.6. The van der Waals surface area contributed by atoms with Gasteiger partial charge in [-0.25, -0.2) is 0 Å². The maximum Gasteiger partial charge on any atom is 0.303 e. The quantitative estimate of drug-likeness (QED) is 0.859. The Labute approximate surface area is 128 Å². The van der Waals surface area contributed by atoms with Crippen molar-refractivity contribution in [3.8, 4) is 0 Å². The second kappa shape index (κ2) is 6.98. The van der Waals surface area contributed by atoms with Crippen LogP contribution in [0.3, 0.4) is 0 Å². The number of amides is 1. The van der Waals surface area contributed by atoms with E-state index in [0.717, 1.165) is 11.4 Å². The summed E-state index contributed by atoms with van der Waals surface area (Å²) in [6.07, 6.45) is 0.524. The molecule has 0 radical (unpaired) electrons. The van der Waals surface area contributed by atoms with Gasteiger partial charge in [-0.3, -0.25) is 14.3 Å². The van der Waals surface area contributed by atoms with Crippen LogP contribution in [0.15, 0.2) is 6.07 Å². The van der Waals surface area contributed by atoms with E-state index in [4.69, 9.17) is 5.11 Å². The molecule has 2 rings (SSSR count). The molecule has 0 fully saturated rings. The monoisotopic (exact) mass is 311 g/mol. The van der Waals surface area contributed by atoms with Crippen molar-refractivity contribution in [3.63, 3.8) is 0 Å². The highest BCUT2D eigenvalue weighted by Gasteiger charge is 2.22. The van der Waals surface area contributed by atoms with Crippen molar-refractivity contribution < 1.29 is 14.7 Å². The predicted octanol–water partition coefficient (Wildman–Crippen LogP) is 1.38. The lowest BCUT2D eigenvalue weighted by Gasteiger charge is -2.27. The van der Waals surface area contributed by atoms with E-state index in [9.17, 15) is 9.59 Å².